The minimum Gasteiger partial charge on any atom is -0.463 e. The van der Waals surface area contributed by atoms with Gasteiger partial charge in [-0.3, -0.25) is 23.7 Å². The van der Waals surface area contributed by atoms with Gasteiger partial charge in [-0.2, -0.15) is 0 Å². The van der Waals surface area contributed by atoms with Gasteiger partial charge in [-0.15, -0.1) is 0 Å². The van der Waals surface area contributed by atoms with Gasteiger partial charge in [0.05, 0.1) is 27.5 Å². The van der Waals surface area contributed by atoms with Crippen molar-refractivity contribution in [1.29, 1.82) is 0 Å². The Hall–Kier alpha value is -2.37. The third kappa shape index (κ3) is 6.89. The van der Waals surface area contributed by atoms with Crippen LogP contribution < -0.4 is 10.1 Å². The molecule has 1 unspecified atom stereocenters. The van der Waals surface area contributed by atoms with Gasteiger partial charge in [0, 0.05) is 11.8 Å². The normalized spacial score (nSPS) is 25.5. The van der Waals surface area contributed by atoms with Crippen LogP contribution in [0.2, 0.25) is 0 Å². The second-order valence-corrected chi connectivity index (χ2v) is 11.0. The lowest BCUT2D eigenvalue weighted by Crippen LogP contribution is -2.32. The van der Waals surface area contributed by atoms with Crippen LogP contribution >= 0.6 is 19.8 Å². The number of hydrogen-bond acceptors (Lipinski definition) is 9. The molecule has 2 heterocycles. The van der Waals surface area contributed by atoms with Gasteiger partial charge in [-0.05, 0) is 45.1 Å². The van der Waals surface area contributed by atoms with E-state index in [-0.39, 0.29) is 16.1 Å². The summed E-state index contributed by atoms with van der Waals surface area (Å²) >= 11 is 5.07. The summed E-state index contributed by atoms with van der Waals surface area (Å²) in [5, 5.41) is 10.6. The fraction of sp³-hybridized carbons (Fsp3) is 0.522. The molecule has 0 saturated carbocycles. The van der Waals surface area contributed by atoms with Crippen molar-refractivity contribution in [2.24, 2.45) is 5.92 Å². The fourth-order valence-electron chi connectivity index (χ4n) is 3.36. The van der Waals surface area contributed by atoms with Crippen molar-refractivity contribution >= 4 is 25.8 Å². The first-order valence-electron chi connectivity index (χ1n) is 12.2. The number of rotatable bonds is 10. The number of alkyl halides is 1. The summed E-state index contributed by atoms with van der Waals surface area (Å²) in [7, 11) is -4.49. The van der Waals surface area contributed by atoms with Crippen molar-refractivity contribution in [3.63, 3.8) is 0 Å². The van der Waals surface area contributed by atoms with Crippen molar-refractivity contribution in [1.82, 2.24) is 9.55 Å². The predicted octanol–water partition coefficient (Wildman–Crippen LogP) is 3.69. The molecule has 0 bridgehead atoms. The number of esters is 1. The van der Waals surface area contributed by atoms with E-state index in [2.05, 4.69) is 4.98 Å². The van der Waals surface area contributed by atoms with E-state index in [1.54, 1.807) is 32.0 Å². The second kappa shape index (κ2) is 11.8. The van der Waals surface area contributed by atoms with Gasteiger partial charge in [-0.1, -0.05) is 25.1 Å². The predicted molar refractivity (Wildman–Crippen MR) is 131 cm³/mol. The molecule has 2 N–H and O–H groups in total. The number of aryl methyl sites for hydroxylation is 1. The lowest BCUT2D eigenvalue weighted by atomic mass is 10.1. The number of aliphatic hydroxyl groups excluding tert-OH is 1. The molecule has 1 aliphatic heterocycles. The van der Waals surface area contributed by atoms with Crippen LogP contribution in [0.15, 0.2) is 41.3 Å². The molecular weight excluding hydrogens is 514 g/mol. The van der Waals surface area contributed by atoms with Crippen molar-refractivity contribution in [3.8, 4) is 5.75 Å². The zero-order valence-corrected chi connectivity index (χ0v) is 21.8. The van der Waals surface area contributed by atoms with Crippen molar-refractivity contribution in [2.75, 3.05) is 12.7 Å². The zero-order chi connectivity index (χ0) is 28.4. The van der Waals surface area contributed by atoms with Gasteiger partial charge in [0.2, 0.25) is 0 Å². The van der Waals surface area contributed by atoms with Crippen LogP contribution in [0, 0.1) is 17.6 Å². The molecule has 0 spiro atoms. The highest BCUT2D eigenvalue weighted by Crippen LogP contribution is 2.50. The van der Waals surface area contributed by atoms with Gasteiger partial charge < -0.3 is 19.1 Å². The Bertz CT molecular complexity index is 1310. The molecule has 10 nitrogen and oxygen atoms in total. The highest BCUT2D eigenvalue weighted by molar-refractivity contribution is 7.71. The minimum absolute atomic E-state index is 0.0696. The Morgan fingerprint density at radius 1 is 1.36 bits per heavy atom. The average molecular weight is 547 g/mol. The van der Waals surface area contributed by atoms with E-state index >= 15 is 4.39 Å². The fourth-order valence-corrected chi connectivity index (χ4v) is 5.32. The van der Waals surface area contributed by atoms with Crippen LogP contribution in [0.5, 0.6) is 5.75 Å². The van der Waals surface area contributed by atoms with E-state index in [1.807, 2.05) is 0 Å². The molecule has 0 aliphatic carbocycles. The number of nitrogens with one attached hydrogen (secondary N) is 1. The number of benzene rings is 1. The first kappa shape index (κ1) is 25.3. The molecule has 13 heteroatoms. The number of nitrogens with zero attached hydrogens (tertiary/aromatic N) is 1. The summed E-state index contributed by atoms with van der Waals surface area (Å²) in [5.74, 6) is -1.66. The van der Waals surface area contributed by atoms with E-state index in [9.17, 15) is 19.3 Å². The molecule has 36 heavy (non-hydrogen) atoms. The number of carbonyl (C=O) groups excluding carboxylic acids is 1. The van der Waals surface area contributed by atoms with Crippen molar-refractivity contribution in [3.05, 3.63) is 57.2 Å². The van der Waals surface area contributed by atoms with E-state index in [4.69, 9.17) is 33.5 Å². The summed E-state index contributed by atoms with van der Waals surface area (Å²) in [4.78, 5) is 26.5. The average Bonchev–Trinajstić information content (AvgIpc) is 3.11. The van der Waals surface area contributed by atoms with E-state index in [0.717, 1.165) is 4.57 Å². The molecular formula is C23H30FN2O8PS. The second-order valence-electron chi connectivity index (χ2n) is 8.65. The van der Waals surface area contributed by atoms with E-state index in [0.29, 0.717) is 0 Å². The zero-order valence-electron chi connectivity index (χ0n) is 22.1. The summed E-state index contributed by atoms with van der Waals surface area (Å²) < 4.78 is 68.2. The molecule has 1 aliphatic rings. The third-order valence-electron chi connectivity index (χ3n) is 5.16. The van der Waals surface area contributed by atoms with Crippen molar-refractivity contribution in [2.45, 2.75) is 58.4 Å². The van der Waals surface area contributed by atoms with Crippen LogP contribution in [0.25, 0.3) is 0 Å². The molecule has 1 saturated heterocycles. The van der Waals surface area contributed by atoms with Crippen LogP contribution in [0.1, 0.15) is 35.3 Å². The molecule has 1 aromatic carbocycles. The standard InChI is InChI=1S/C23H30FN2O8PS/c1-13(2)32-22(29)15(4)12-35(30,34-16-8-6-5-7-9-16)31-11-17-19(27)18(24)21(33-17)26-10-14(3)20(28)25-23(26)36/h5-10,13,15,17-19,21,27H,11-12H2,1-4H3,(H,25,28,36)/t15-,17+,18-,19?,21+,35+/m1/s1/i11D2. The SMILES string of the molecule is [2H]C([2H])(O[P@@](=O)(C[C@@H](C)C(=O)OC(C)C)Oc1ccccc1)[C@@H]1O[C@H](n2cc(C)c(=O)[nH]c2=S)[C@H](F)C1O. The van der Waals surface area contributed by atoms with Crippen LogP contribution in [0.3, 0.4) is 0 Å². The number of carbonyl (C=O) groups is 1. The summed E-state index contributed by atoms with van der Waals surface area (Å²) in [6, 6.07) is 7.76. The Balaban J connectivity index is 1.90. The lowest BCUT2D eigenvalue weighted by molar-refractivity contribution is -0.151. The van der Waals surface area contributed by atoms with Crippen LogP contribution in [-0.2, 0) is 23.4 Å². The number of halogens is 1. The first-order chi connectivity index (χ1) is 17.6. The van der Waals surface area contributed by atoms with E-state index in [1.165, 1.54) is 32.2 Å². The monoisotopic (exact) mass is 546 g/mol. The largest absolute Gasteiger partial charge is 0.463 e. The Kier molecular flexibility index (Phi) is 8.28. The topological polar surface area (TPSA) is 129 Å². The number of H-pyrrole nitrogens is 1. The highest BCUT2D eigenvalue weighted by atomic mass is 32.1. The highest BCUT2D eigenvalue weighted by Gasteiger charge is 2.46. The van der Waals surface area contributed by atoms with Gasteiger partial charge in [-0.25, -0.2) is 8.96 Å². The number of aromatic amines is 1. The quantitative estimate of drug-likeness (QED) is 0.260. The lowest BCUT2D eigenvalue weighted by Gasteiger charge is -2.24. The van der Waals surface area contributed by atoms with Gasteiger partial charge in [0.15, 0.2) is 17.2 Å². The van der Waals surface area contributed by atoms with Crippen LogP contribution in [0.4, 0.5) is 4.39 Å². The van der Waals surface area contributed by atoms with Gasteiger partial charge in [0.25, 0.3) is 5.56 Å². The number of ether oxygens (including phenoxy) is 2. The molecule has 2 aromatic rings. The smallest absolute Gasteiger partial charge is 0.380 e. The summed E-state index contributed by atoms with van der Waals surface area (Å²) in [6.07, 6.45) is -7.68. The Morgan fingerprint density at radius 2 is 2.03 bits per heavy atom. The molecule has 1 aromatic heterocycles. The Labute approximate surface area is 215 Å². The number of aliphatic hydroxyl groups is 1. The van der Waals surface area contributed by atoms with Gasteiger partial charge in [0.1, 0.15) is 18.0 Å². The molecule has 6 atom stereocenters. The summed E-state index contributed by atoms with van der Waals surface area (Å²) in [5.41, 5.74) is -0.325. The van der Waals surface area contributed by atoms with Crippen molar-refractivity contribution < 1.29 is 40.1 Å². The maximum absolute atomic E-state index is 15.2. The molecule has 0 amide bonds. The number of hydrogen-bond donors (Lipinski definition) is 2. The number of para-hydroxylation sites is 1. The van der Waals surface area contributed by atoms with Gasteiger partial charge >= 0.3 is 13.6 Å². The third-order valence-corrected chi connectivity index (χ3v) is 7.34. The minimum atomic E-state index is -4.49. The molecule has 0 radical (unpaired) electrons. The molecule has 198 valence electrons. The maximum atomic E-state index is 15.2. The number of aromatic nitrogens is 2. The molecule has 1 fully saturated rings. The van der Waals surface area contributed by atoms with Crippen LogP contribution in [-0.4, -0.2) is 57.8 Å². The molecule has 3 rings (SSSR count). The summed E-state index contributed by atoms with van der Waals surface area (Å²) in [6.45, 7) is 3.08. The Morgan fingerprint density at radius 3 is 2.67 bits per heavy atom. The maximum Gasteiger partial charge on any atom is 0.380 e. The first-order valence-corrected chi connectivity index (χ1v) is 13.3. The van der Waals surface area contributed by atoms with E-state index < -0.39 is 68.5 Å².